The van der Waals surface area contributed by atoms with Gasteiger partial charge in [0.25, 0.3) is 5.91 Å². The molecule has 0 radical (unpaired) electrons. The van der Waals surface area contributed by atoms with Gasteiger partial charge in [-0.15, -0.1) is 0 Å². The second-order valence-electron chi connectivity index (χ2n) is 7.55. The number of carbonyl (C=O) groups is 1. The predicted molar refractivity (Wildman–Crippen MR) is 109 cm³/mol. The molecule has 1 amide bonds. The molecule has 2 aromatic rings. The van der Waals surface area contributed by atoms with Crippen molar-refractivity contribution in [3.63, 3.8) is 0 Å². The van der Waals surface area contributed by atoms with Crippen molar-refractivity contribution in [1.29, 1.82) is 0 Å². The van der Waals surface area contributed by atoms with Gasteiger partial charge < -0.3 is 14.4 Å². The third-order valence-corrected chi connectivity index (χ3v) is 5.78. The fourth-order valence-corrected chi connectivity index (χ4v) is 4.17. The molecule has 1 fully saturated rings. The van der Waals surface area contributed by atoms with Crippen molar-refractivity contribution in [3.8, 4) is 5.75 Å². The van der Waals surface area contributed by atoms with Gasteiger partial charge in [-0.25, -0.2) is 0 Å². The van der Waals surface area contributed by atoms with Gasteiger partial charge in [0.05, 0.1) is 6.61 Å². The first-order valence-corrected chi connectivity index (χ1v) is 10.1. The Morgan fingerprint density at radius 3 is 2.61 bits per heavy atom. The SMILES string of the molecule is COCCOc1ccc(C(=O)N2CC[C@@H](N3CCc4ccccc4C3)C2)cc1. The molecule has 2 aromatic carbocycles. The van der Waals surface area contributed by atoms with Crippen LogP contribution in [0.15, 0.2) is 48.5 Å². The van der Waals surface area contributed by atoms with E-state index in [4.69, 9.17) is 9.47 Å². The van der Waals surface area contributed by atoms with Crippen LogP contribution in [0.1, 0.15) is 27.9 Å². The molecule has 0 aliphatic carbocycles. The van der Waals surface area contributed by atoms with Gasteiger partial charge in [0.2, 0.25) is 0 Å². The highest BCUT2D eigenvalue weighted by Crippen LogP contribution is 2.25. The van der Waals surface area contributed by atoms with E-state index in [1.807, 2.05) is 29.2 Å². The molecule has 1 atom stereocenters. The van der Waals surface area contributed by atoms with Gasteiger partial charge in [-0.05, 0) is 48.2 Å². The summed E-state index contributed by atoms with van der Waals surface area (Å²) in [6.07, 6.45) is 2.15. The molecule has 2 aliphatic heterocycles. The minimum absolute atomic E-state index is 0.114. The van der Waals surface area contributed by atoms with Gasteiger partial charge in [-0.3, -0.25) is 9.69 Å². The number of ether oxygens (including phenoxy) is 2. The zero-order chi connectivity index (χ0) is 19.3. The summed E-state index contributed by atoms with van der Waals surface area (Å²) in [5, 5.41) is 0. The maximum atomic E-state index is 12.9. The zero-order valence-corrected chi connectivity index (χ0v) is 16.5. The fourth-order valence-electron chi connectivity index (χ4n) is 4.17. The highest BCUT2D eigenvalue weighted by molar-refractivity contribution is 5.94. The lowest BCUT2D eigenvalue weighted by Gasteiger charge is -2.33. The molecular weight excluding hydrogens is 352 g/mol. The van der Waals surface area contributed by atoms with Crippen LogP contribution in [0.2, 0.25) is 0 Å². The van der Waals surface area contributed by atoms with Crippen molar-refractivity contribution in [2.45, 2.75) is 25.4 Å². The minimum atomic E-state index is 0.114. The first-order valence-electron chi connectivity index (χ1n) is 10.1. The van der Waals surface area contributed by atoms with Crippen molar-refractivity contribution in [2.75, 3.05) is 40.0 Å². The number of benzene rings is 2. The molecule has 5 heteroatoms. The zero-order valence-electron chi connectivity index (χ0n) is 16.5. The highest BCUT2D eigenvalue weighted by atomic mass is 16.5. The van der Waals surface area contributed by atoms with Crippen molar-refractivity contribution in [3.05, 3.63) is 65.2 Å². The third-order valence-electron chi connectivity index (χ3n) is 5.78. The van der Waals surface area contributed by atoms with Crippen LogP contribution in [-0.2, 0) is 17.7 Å². The summed E-state index contributed by atoms with van der Waals surface area (Å²) in [6, 6.07) is 16.6. The average Bonchev–Trinajstić information content (AvgIpc) is 3.24. The van der Waals surface area contributed by atoms with Crippen LogP contribution in [0.5, 0.6) is 5.75 Å². The Labute approximate surface area is 166 Å². The number of carbonyl (C=O) groups excluding carboxylic acids is 1. The number of methoxy groups -OCH3 is 1. The average molecular weight is 380 g/mol. The van der Waals surface area contributed by atoms with Gasteiger partial charge in [0.1, 0.15) is 12.4 Å². The van der Waals surface area contributed by atoms with Crippen molar-refractivity contribution >= 4 is 5.91 Å². The van der Waals surface area contributed by atoms with Crippen molar-refractivity contribution < 1.29 is 14.3 Å². The normalized spacial score (nSPS) is 19.5. The van der Waals surface area contributed by atoms with Gasteiger partial charge in [0.15, 0.2) is 0 Å². The van der Waals surface area contributed by atoms with Crippen molar-refractivity contribution in [2.24, 2.45) is 0 Å². The number of hydrogen-bond donors (Lipinski definition) is 0. The Morgan fingerprint density at radius 2 is 1.82 bits per heavy atom. The largest absolute Gasteiger partial charge is 0.491 e. The number of likely N-dealkylation sites (tertiary alicyclic amines) is 1. The maximum Gasteiger partial charge on any atom is 0.253 e. The smallest absolute Gasteiger partial charge is 0.253 e. The summed E-state index contributed by atoms with van der Waals surface area (Å²) in [6.45, 7) is 4.78. The van der Waals surface area contributed by atoms with E-state index < -0.39 is 0 Å². The summed E-state index contributed by atoms with van der Waals surface area (Å²) >= 11 is 0. The van der Waals surface area contributed by atoms with Crippen LogP contribution in [0.25, 0.3) is 0 Å². The second-order valence-corrected chi connectivity index (χ2v) is 7.55. The number of hydrogen-bond acceptors (Lipinski definition) is 4. The molecule has 2 aliphatic rings. The number of nitrogens with zero attached hydrogens (tertiary/aromatic N) is 2. The molecule has 1 saturated heterocycles. The standard InChI is InChI=1S/C23H28N2O3/c1-27-14-15-28-22-8-6-19(7-9-22)23(26)25-13-11-21(17-25)24-12-10-18-4-2-3-5-20(18)16-24/h2-9,21H,10-17H2,1H3/t21-/m1/s1. The molecule has 0 N–H and O–H groups in total. The number of fused-ring (bicyclic) bond motifs is 1. The summed E-state index contributed by atoms with van der Waals surface area (Å²) < 4.78 is 10.6. The summed E-state index contributed by atoms with van der Waals surface area (Å²) in [5.74, 6) is 0.878. The van der Waals surface area contributed by atoms with Gasteiger partial charge in [-0.1, -0.05) is 24.3 Å². The summed E-state index contributed by atoms with van der Waals surface area (Å²) in [4.78, 5) is 17.4. The predicted octanol–water partition coefficient (Wildman–Crippen LogP) is 2.98. The monoisotopic (exact) mass is 380 g/mol. The first-order chi connectivity index (χ1) is 13.7. The van der Waals surface area contributed by atoms with Crippen LogP contribution in [0.3, 0.4) is 0 Å². The molecule has 5 nitrogen and oxygen atoms in total. The first kappa shape index (κ1) is 19.0. The molecule has 0 aromatic heterocycles. The van der Waals surface area contributed by atoms with E-state index in [2.05, 4.69) is 29.2 Å². The lowest BCUT2D eigenvalue weighted by atomic mass is 9.98. The Bertz CT molecular complexity index is 806. The summed E-state index contributed by atoms with van der Waals surface area (Å²) in [5.41, 5.74) is 3.63. The maximum absolute atomic E-state index is 12.9. The molecule has 0 unspecified atom stereocenters. The Hall–Kier alpha value is -2.37. The van der Waals surface area contributed by atoms with E-state index in [0.29, 0.717) is 19.3 Å². The van der Waals surface area contributed by atoms with Crippen molar-refractivity contribution in [1.82, 2.24) is 9.80 Å². The quantitative estimate of drug-likeness (QED) is 0.723. The molecule has 0 spiro atoms. The molecule has 28 heavy (non-hydrogen) atoms. The van der Waals surface area contributed by atoms with E-state index in [1.165, 1.54) is 11.1 Å². The molecule has 0 saturated carbocycles. The number of amides is 1. The van der Waals surface area contributed by atoms with Gasteiger partial charge >= 0.3 is 0 Å². The van der Waals surface area contributed by atoms with E-state index in [1.54, 1.807) is 7.11 Å². The minimum Gasteiger partial charge on any atom is -0.491 e. The topological polar surface area (TPSA) is 42.0 Å². The van der Waals surface area contributed by atoms with Crippen LogP contribution in [-0.4, -0.2) is 61.7 Å². The van der Waals surface area contributed by atoms with Gasteiger partial charge in [-0.2, -0.15) is 0 Å². The lowest BCUT2D eigenvalue weighted by Crippen LogP contribution is -2.41. The fraction of sp³-hybridized carbons (Fsp3) is 0.435. The van der Waals surface area contributed by atoms with E-state index in [0.717, 1.165) is 50.3 Å². The van der Waals surface area contributed by atoms with E-state index in [-0.39, 0.29) is 5.91 Å². The second kappa shape index (κ2) is 8.76. The number of rotatable bonds is 6. The van der Waals surface area contributed by atoms with E-state index in [9.17, 15) is 4.79 Å². The molecule has 148 valence electrons. The lowest BCUT2D eigenvalue weighted by molar-refractivity contribution is 0.0773. The Kier molecular flexibility index (Phi) is 5.93. The van der Waals surface area contributed by atoms with E-state index >= 15 is 0 Å². The molecule has 0 bridgehead atoms. The van der Waals surface area contributed by atoms with Gasteiger partial charge in [0, 0.05) is 44.9 Å². The highest BCUT2D eigenvalue weighted by Gasteiger charge is 2.32. The third kappa shape index (κ3) is 4.21. The van der Waals surface area contributed by atoms with Crippen LogP contribution in [0, 0.1) is 0 Å². The van der Waals surface area contributed by atoms with Crippen LogP contribution in [0.4, 0.5) is 0 Å². The Morgan fingerprint density at radius 1 is 1.04 bits per heavy atom. The van der Waals surface area contributed by atoms with Crippen LogP contribution < -0.4 is 4.74 Å². The molecular formula is C23H28N2O3. The van der Waals surface area contributed by atoms with Crippen LogP contribution >= 0.6 is 0 Å². The Balaban J connectivity index is 1.33. The molecule has 2 heterocycles. The summed E-state index contributed by atoms with van der Waals surface area (Å²) in [7, 11) is 1.65. The molecule has 4 rings (SSSR count).